The van der Waals surface area contributed by atoms with E-state index in [9.17, 15) is 0 Å². The van der Waals surface area contributed by atoms with Gasteiger partial charge in [0.2, 0.25) is 0 Å². The van der Waals surface area contributed by atoms with Crippen molar-refractivity contribution in [2.24, 2.45) is 0 Å². The lowest BCUT2D eigenvalue weighted by atomic mass is 10.1. The van der Waals surface area contributed by atoms with Crippen LogP contribution in [0.3, 0.4) is 0 Å². The van der Waals surface area contributed by atoms with E-state index in [2.05, 4.69) is 21.2 Å². The van der Waals surface area contributed by atoms with Gasteiger partial charge in [-0.2, -0.15) is 0 Å². The van der Waals surface area contributed by atoms with Crippen LogP contribution >= 0.6 is 38.9 Å². The molecule has 2 heterocycles. The van der Waals surface area contributed by atoms with Crippen LogP contribution in [0.25, 0.3) is 0 Å². The highest BCUT2D eigenvalue weighted by atomic mass is 79.9. The summed E-state index contributed by atoms with van der Waals surface area (Å²) < 4.78 is 6.19. The summed E-state index contributed by atoms with van der Waals surface area (Å²) in [6, 6.07) is 3.99. The highest BCUT2D eigenvalue weighted by molar-refractivity contribution is 9.10. The Morgan fingerprint density at radius 3 is 2.80 bits per heavy atom. The molecule has 0 saturated heterocycles. The highest BCUT2D eigenvalue weighted by Gasteiger charge is 2.20. The third-order valence-corrected chi connectivity index (χ3v) is 4.40. The maximum absolute atomic E-state index is 5.97. The quantitative estimate of drug-likeness (QED) is 0.925. The van der Waals surface area contributed by atoms with Crippen LogP contribution in [0.5, 0.6) is 0 Å². The average molecular weight is 307 g/mol. The van der Waals surface area contributed by atoms with E-state index in [1.54, 1.807) is 17.6 Å². The van der Waals surface area contributed by atoms with Gasteiger partial charge in [0.25, 0.3) is 0 Å². The van der Waals surface area contributed by atoms with Gasteiger partial charge < -0.3 is 9.73 Å². The molecule has 0 bridgehead atoms. The number of hydrogen-bond acceptors (Lipinski definition) is 3. The number of halogens is 2. The zero-order valence-electron chi connectivity index (χ0n) is 7.96. The number of rotatable bonds is 3. The summed E-state index contributed by atoms with van der Waals surface area (Å²) in [6.45, 7) is 0. The second-order valence-electron chi connectivity index (χ2n) is 3.00. The van der Waals surface area contributed by atoms with Gasteiger partial charge in [0.15, 0.2) is 5.22 Å². The van der Waals surface area contributed by atoms with Gasteiger partial charge in [-0.1, -0.05) is 0 Å². The summed E-state index contributed by atoms with van der Waals surface area (Å²) in [5.74, 6) is 0. The van der Waals surface area contributed by atoms with Gasteiger partial charge in [-0.15, -0.1) is 11.3 Å². The van der Waals surface area contributed by atoms with Gasteiger partial charge in [-0.05, 0) is 52.1 Å². The molecular weight excluding hydrogens is 298 g/mol. The van der Waals surface area contributed by atoms with Crippen LogP contribution < -0.4 is 5.32 Å². The molecule has 80 valence electrons. The first-order valence-electron chi connectivity index (χ1n) is 4.37. The fourth-order valence-electron chi connectivity index (χ4n) is 1.45. The second kappa shape index (κ2) is 4.70. The zero-order valence-corrected chi connectivity index (χ0v) is 11.1. The maximum atomic E-state index is 5.97. The van der Waals surface area contributed by atoms with Crippen LogP contribution in [-0.4, -0.2) is 7.05 Å². The lowest BCUT2D eigenvalue weighted by Crippen LogP contribution is -2.16. The minimum absolute atomic E-state index is 0.0747. The summed E-state index contributed by atoms with van der Waals surface area (Å²) in [7, 11) is 1.90. The van der Waals surface area contributed by atoms with Gasteiger partial charge >= 0.3 is 0 Å². The summed E-state index contributed by atoms with van der Waals surface area (Å²) >= 11 is 11.2. The number of thiophene rings is 1. The van der Waals surface area contributed by atoms with Crippen molar-refractivity contribution in [2.45, 2.75) is 6.04 Å². The molecule has 0 fully saturated rings. The molecule has 2 rings (SSSR count). The average Bonchev–Trinajstić information content (AvgIpc) is 2.80. The minimum Gasteiger partial charge on any atom is -0.453 e. The van der Waals surface area contributed by atoms with Crippen LogP contribution in [-0.2, 0) is 0 Å². The molecule has 0 saturated carbocycles. The summed E-state index contributed by atoms with van der Waals surface area (Å²) in [5, 5.41) is 5.70. The van der Waals surface area contributed by atoms with Gasteiger partial charge in [-0.25, -0.2) is 0 Å². The minimum atomic E-state index is 0.0747. The smallest absolute Gasteiger partial charge is 0.198 e. The normalized spacial score (nSPS) is 13.0. The predicted octanol–water partition coefficient (Wildman–Crippen LogP) is 4.07. The van der Waals surface area contributed by atoms with Gasteiger partial charge in [-0.3, -0.25) is 0 Å². The van der Waals surface area contributed by atoms with Crippen LogP contribution in [0.2, 0.25) is 5.22 Å². The van der Waals surface area contributed by atoms with Gasteiger partial charge in [0.1, 0.15) is 0 Å². The molecular formula is C10H9BrClNOS. The van der Waals surface area contributed by atoms with E-state index >= 15 is 0 Å². The summed E-state index contributed by atoms with van der Waals surface area (Å²) in [4.78, 5) is 1.20. The highest BCUT2D eigenvalue weighted by Crippen LogP contribution is 2.35. The largest absolute Gasteiger partial charge is 0.453 e. The molecule has 15 heavy (non-hydrogen) atoms. The maximum Gasteiger partial charge on any atom is 0.198 e. The van der Waals surface area contributed by atoms with Crippen molar-refractivity contribution < 1.29 is 4.42 Å². The Kier molecular flexibility index (Phi) is 3.51. The molecule has 0 spiro atoms. The lowest BCUT2D eigenvalue weighted by molar-refractivity contribution is 0.560. The van der Waals surface area contributed by atoms with Crippen LogP contribution in [0.4, 0.5) is 0 Å². The molecule has 1 N–H and O–H groups in total. The molecule has 0 radical (unpaired) electrons. The molecule has 0 aliphatic rings. The third kappa shape index (κ3) is 2.13. The van der Waals surface area contributed by atoms with Crippen molar-refractivity contribution >= 4 is 38.9 Å². The van der Waals surface area contributed by atoms with Gasteiger partial charge in [0, 0.05) is 14.9 Å². The fourth-order valence-corrected chi connectivity index (χ4v) is 3.40. The van der Waals surface area contributed by atoms with Crippen LogP contribution in [0, 0.1) is 0 Å². The van der Waals surface area contributed by atoms with E-state index in [1.165, 1.54) is 4.88 Å². The van der Waals surface area contributed by atoms with Crippen molar-refractivity contribution in [1.29, 1.82) is 0 Å². The van der Waals surface area contributed by atoms with Crippen molar-refractivity contribution in [3.05, 3.63) is 43.9 Å². The molecule has 0 aliphatic heterocycles. The number of nitrogens with one attached hydrogen (secondary N) is 1. The van der Waals surface area contributed by atoms with E-state index in [0.717, 1.165) is 10.0 Å². The van der Waals surface area contributed by atoms with E-state index in [0.29, 0.717) is 5.22 Å². The van der Waals surface area contributed by atoms with E-state index in [4.69, 9.17) is 16.0 Å². The Balaban J connectivity index is 2.41. The molecule has 1 atom stereocenters. The molecule has 1 unspecified atom stereocenters. The van der Waals surface area contributed by atoms with Crippen LogP contribution in [0.1, 0.15) is 16.5 Å². The number of furan rings is 1. The molecule has 2 aromatic rings. The Morgan fingerprint density at radius 1 is 1.53 bits per heavy atom. The molecule has 2 nitrogen and oxygen atoms in total. The summed E-state index contributed by atoms with van der Waals surface area (Å²) in [5.41, 5.74) is 0.960. The lowest BCUT2D eigenvalue weighted by Gasteiger charge is -2.13. The second-order valence-corrected chi connectivity index (χ2v) is 5.15. The Hall–Kier alpha value is -0.290. The van der Waals surface area contributed by atoms with Crippen molar-refractivity contribution in [3.63, 3.8) is 0 Å². The molecule has 0 aromatic carbocycles. The SMILES string of the molecule is CNC(c1ccoc1Cl)c1sccc1Br. The first kappa shape index (κ1) is 11.2. The molecule has 2 aromatic heterocycles. The van der Waals surface area contributed by atoms with Crippen molar-refractivity contribution in [1.82, 2.24) is 5.32 Å². The van der Waals surface area contributed by atoms with E-state index in [1.807, 2.05) is 24.6 Å². The summed E-state index contributed by atoms with van der Waals surface area (Å²) in [6.07, 6.45) is 1.60. The molecule has 0 amide bonds. The standard InChI is InChI=1S/C10H9BrClNOS/c1-13-8(6-2-4-14-10(6)12)9-7(11)3-5-15-9/h2-5,8,13H,1H3. The Morgan fingerprint density at radius 2 is 2.33 bits per heavy atom. The Bertz CT molecular complexity index is 413. The van der Waals surface area contributed by atoms with E-state index < -0.39 is 0 Å². The first-order valence-corrected chi connectivity index (χ1v) is 6.42. The van der Waals surface area contributed by atoms with E-state index in [-0.39, 0.29) is 6.04 Å². The zero-order chi connectivity index (χ0) is 10.8. The predicted molar refractivity (Wildman–Crippen MR) is 66.6 cm³/mol. The van der Waals surface area contributed by atoms with Crippen LogP contribution in [0.15, 0.2) is 32.7 Å². The van der Waals surface area contributed by atoms with Gasteiger partial charge in [0.05, 0.1) is 12.3 Å². The van der Waals surface area contributed by atoms with Crippen molar-refractivity contribution in [3.8, 4) is 0 Å². The topological polar surface area (TPSA) is 25.2 Å². The molecule has 0 aliphatic carbocycles. The monoisotopic (exact) mass is 305 g/mol. The molecule has 5 heteroatoms. The number of hydrogen-bond donors (Lipinski definition) is 1. The fraction of sp³-hybridized carbons (Fsp3) is 0.200. The third-order valence-electron chi connectivity index (χ3n) is 2.15. The van der Waals surface area contributed by atoms with Crippen molar-refractivity contribution in [2.75, 3.05) is 7.05 Å². The Labute approximate surface area is 105 Å². The first-order chi connectivity index (χ1) is 7.24.